The average Bonchev–Trinajstić information content (AvgIpc) is 3.21. The zero-order chi connectivity index (χ0) is 20.5. The predicted molar refractivity (Wildman–Crippen MR) is 116 cm³/mol. The minimum atomic E-state index is -0.215. The van der Waals surface area contributed by atoms with Gasteiger partial charge >= 0.3 is 6.03 Å². The standard InChI is InChI=1S/C21H23N5O2S/c1-2-14-26(21(28)22-17-11-7-4-8-12-17)15-13-18(27)23-20-25-24-19(29-20)16-9-5-3-6-10-16/h3-12H,2,13-15H2,1H3,(H,22,28)(H,23,25,27). The summed E-state index contributed by atoms with van der Waals surface area (Å²) in [6.07, 6.45) is 0.989. The largest absolute Gasteiger partial charge is 0.324 e. The zero-order valence-corrected chi connectivity index (χ0v) is 17.0. The van der Waals surface area contributed by atoms with Crippen molar-refractivity contribution in [2.45, 2.75) is 19.8 Å². The lowest BCUT2D eigenvalue weighted by Crippen LogP contribution is -2.37. The number of nitrogens with one attached hydrogen (secondary N) is 2. The number of carbonyl (C=O) groups is 2. The van der Waals surface area contributed by atoms with Gasteiger partial charge in [-0.2, -0.15) is 0 Å². The molecule has 0 atom stereocenters. The first-order valence-corrected chi connectivity index (χ1v) is 10.3. The van der Waals surface area contributed by atoms with Crippen LogP contribution in [0.2, 0.25) is 0 Å². The van der Waals surface area contributed by atoms with E-state index in [4.69, 9.17) is 0 Å². The summed E-state index contributed by atoms with van der Waals surface area (Å²) in [6.45, 7) is 2.89. The van der Waals surface area contributed by atoms with Crippen LogP contribution in [0.15, 0.2) is 60.7 Å². The molecule has 3 aromatic rings. The highest BCUT2D eigenvalue weighted by molar-refractivity contribution is 7.18. The maximum Gasteiger partial charge on any atom is 0.321 e. The highest BCUT2D eigenvalue weighted by atomic mass is 32.1. The van der Waals surface area contributed by atoms with Gasteiger partial charge in [0.25, 0.3) is 0 Å². The van der Waals surface area contributed by atoms with Crippen LogP contribution in [0.5, 0.6) is 0 Å². The van der Waals surface area contributed by atoms with Gasteiger partial charge in [0.15, 0.2) is 0 Å². The summed E-state index contributed by atoms with van der Waals surface area (Å²) < 4.78 is 0. The molecule has 2 aromatic carbocycles. The Balaban J connectivity index is 1.52. The fourth-order valence-corrected chi connectivity index (χ4v) is 3.46. The second-order valence-electron chi connectivity index (χ2n) is 6.36. The Bertz CT molecular complexity index is 931. The molecular weight excluding hydrogens is 386 g/mol. The number of para-hydroxylation sites is 1. The Labute approximate surface area is 173 Å². The summed E-state index contributed by atoms with van der Waals surface area (Å²) in [6, 6.07) is 18.7. The van der Waals surface area contributed by atoms with Gasteiger partial charge in [-0.05, 0) is 18.6 Å². The van der Waals surface area contributed by atoms with Gasteiger partial charge in [0.2, 0.25) is 11.0 Å². The third-order valence-electron chi connectivity index (χ3n) is 4.11. The van der Waals surface area contributed by atoms with Crippen LogP contribution in [-0.2, 0) is 4.79 Å². The van der Waals surface area contributed by atoms with Gasteiger partial charge in [0.1, 0.15) is 5.01 Å². The monoisotopic (exact) mass is 409 g/mol. The first kappa shape index (κ1) is 20.5. The fourth-order valence-electron chi connectivity index (χ4n) is 2.70. The molecule has 2 N–H and O–H groups in total. The SMILES string of the molecule is CCCN(CCC(=O)Nc1nnc(-c2ccccc2)s1)C(=O)Nc1ccccc1. The van der Waals surface area contributed by atoms with Crippen LogP contribution in [-0.4, -0.2) is 40.1 Å². The van der Waals surface area contributed by atoms with E-state index in [1.54, 1.807) is 4.90 Å². The number of rotatable bonds is 8. The summed E-state index contributed by atoms with van der Waals surface area (Å²) in [5, 5.41) is 15.0. The molecule has 0 spiro atoms. The molecule has 0 fully saturated rings. The fraction of sp³-hybridized carbons (Fsp3) is 0.238. The molecule has 0 radical (unpaired) electrons. The summed E-state index contributed by atoms with van der Waals surface area (Å²) in [5.74, 6) is -0.200. The first-order valence-electron chi connectivity index (χ1n) is 9.45. The van der Waals surface area contributed by atoms with E-state index in [1.165, 1.54) is 11.3 Å². The van der Waals surface area contributed by atoms with Gasteiger partial charge in [0.05, 0.1) is 0 Å². The number of amides is 3. The van der Waals surface area contributed by atoms with Gasteiger partial charge in [0, 0.05) is 30.8 Å². The molecule has 7 nitrogen and oxygen atoms in total. The Kier molecular flexibility index (Phi) is 7.29. The van der Waals surface area contributed by atoms with Gasteiger partial charge < -0.3 is 15.5 Å². The molecule has 0 bridgehead atoms. The summed E-state index contributed by atoms with van der Waals surface area (Å²) in [4.78, 5) is 26.5. The molecule has 0 aliphatic heterocycles. The normalized spacial score (nSPS) is 10.4. The minimum Gasteiger partial charge on any atom is -0.324 e. The van der Waals surface area contributed by atoms with E-state index >= 15 is 0 Å². The van der Waals surface area contributed by atoms with Crippen LogP contribution in [0.25, 0.3) is 10.6 Å². The van der Waals surface area contributed by atoms with Crippen molar-refractivity contribution >= 4 is 34.1 Å². The van der Waals surface area contributed by atoms with Crippen molar-refractivity contribution in [3.63, 3.8) is 0 Å². The maximum absolute atomic E-state index is 12.5. The highest BCUT2D eigenvalue weighted by Crippen LogP contribution is 2.25. The Morgan fingerprint density at radius 1 is 0.931 bits per heavy atom. The summed E-state index contributed by atoms with van der Waals surface area (Å²) in [5.41, 5.74) is 1.68. The van der Waals surface area contributed by atoms with Gasteiger partial charge in [-0.15, -0.1) is 10.2 Å². The number of aromatic nitrogens is 2. The Hall–Kier alpha value is -3.26. The van der Waals surface area contributed by atoms with Crippen molar-refractivity contribution in [3.05, 3.63) is 60.7 Å². The van der Waals surface area contributed by atoms with Crippen molar-refractivity contribution in [2.75, 3.05) is 23.7 Å². The molecule has 1 aromatic heterocycles. The van der Waals surface area contributed by atoms with Gasteiger partial charge in [-0.25, -0.2) is 4.79 Å². The predicted octanol–water partition coefficient (Wildman–Crippen LogP) is 4.48. The smallest absolute Gasteiger partial charge is 0.321 e. The molecule has 0 unspecified atom stereocenters. The lowest BCUT2D eigenvalue weighted by Gasteiger charge is -2.22. The molecule has 3 rings (SSSR count). The van der Waals surface area contributed by atoms with E-state index in [0.29, 0.717) is 18.2 Å². The molecule has 1 heterocycles. The molecule has 29 heavy (non-hydrogen) atoms. The topological polar surface area (TPSA) is 87.2 Å². The average molecular weight is 410 g/mol. The lowest BCUT2D eigenvalue weighted by molar-refractivity contribution is -0.116. The number of nitrogens with zero attached hydrogens (tertiary/aromatic N) is 3. The molecule has 150 valence electrons. The second kappa shape index (κ2) is 10.3. The van der Waals surface area contributed by atoms with Crippen LogP contribution < -0.4 is 10.6 Å². The van der Waals surface area contributed by atoms with E-state index in [-0.39, 0.29) is 18.4 Å². The van der Waals surface area contributed by atoms with Crippen LogP contribution >= 0.6 is 11.3 Å². The Morgan fingerprint density at radius 3 is 2.31 bits per heavy atom. The van der Waals surface area contributed by atoms with Crippen molar-refractivity contribution in [3.8, 4) is 10.6 Å². The van der Waals surface area contributed by atoms with Crippen LogP contribution in [0.1, 0.15) is 19.8 Å². The zero-order valence-electron chi connectivity index (χ0n) is 16.2. The number of hydrogen-bond donors (Lipinski definition) is 2. The third-order valence-corrected chi connectivity index (χ3v) is 4.99. The van der Waals surface area contributed by atoms with Crippen LogP contribution in [0.4, 0.5) is 15.6 Å². The molecular formula is C21H23N5O2S. The minimum absolute atomic E-state index is 0.183. The lowest BCUT2D eigenvalue weighted by atomic mass is 10.2. The molecule has 0 saturated heterocycles. The second-order valence-corrected chi connectivity index (χ2v) is 7.34. The van der Waals surface area contributed by atoms with Gasteiger partial charge in [-0.3, -0.25) is 4.79 Å². The van der Waals surface area contributed by atoms with Crippen LogP contribution in [0, 0.1) is 0 Å². The van der Waals surface area contributed by atoms with E-state index < -0.39 is 0 Å². The maximum atomic E-state index is 12.5. The van der Waals surface area contributed by atoms with Crippen LogP contribution in [0.3, 0.4) is 0 Å². The number of urea groups is 1. The Morgan fingerprint density at radius 2 is 1.62 bits per heavy atom. The van der Waals surface area contributed by atoms with Crippen molar-refractivity contribution in [2.24, 2.45) is 0 Å². The number of benzene rings is 2. The van der Waals surface area contributed by atoms with E-state index in [0.717, 1.165) is 22.7 Å². The van der Waals surface area contributed by atoms with E-state index in [9.17, 15) is 9.59 Å². The van der Waals surface area contributed by atoms with Crippen molar-refractivity contribution in [1.29, 1.82) is 0 Å². The molecule has 3 amide bonds. The van der Waals surface area contributed by atoms with Crippen molar-refractivity contribution in [1.82, 2.24) is 15.1 Å². The quantitative estimate of drug-likeness (QED) is 0.574. The molecule has 8 heteroatoms. The van der Waals surface area contributed by atoms with Crippen molar-refractivity contribution < 1.29 is 9.59 Å². The molecule has 0 aliphatic carbocycles. The van der Waals surface area contributed by atoms with E-state index in [2.05, 4.69) is 20.8 Å². The number of carbonyl (C=O) groups excluding carboxylic acids is 2. The number of anilines is 2. The molecule has 0 saturated carbocycles. The summed E-state index contributed by atoms with van der Waals surface area (Å²) >= 11 is 1.32. The summed E-state index contributed by atoms with van der Waals surface area (Å²) in [7, 11) is 0. The molecule has 0 aliphatic rings. The third kappa shape index (κ3) is 6.11. The number of hydrogen-bond acceptors (Lipinski definition) is 5. The van der Waals surface area contributed by atoms with Gasteiger partial charge in [-0.1, -0.05) is 66.8 Å². The van der Waals surface area contributed by atoms with E-state index in [1.807, 2.05) is 67.6 Å². The first-order chi connectivity index (χ1) is 14.2. The highest BCUT2D eigenvalue weighted by Gasteiger charge is 2.15.